The molecule has 0 aliphatic rings. The fourth-order valence-electron chi connectivity index (χ4n) is 1.18. The first-order valence-electron chi connectivity index (χ1n) is 4.74. The van der Waals surface area contributed by atoms with Crippen LogP contribution in [-0.4, -0.2) is 20.0 Å². The lowest BCUT2D eigenvalue weighted by Gasteiger charge is -2.17. The predicted octanol–water partition coefficient (Wildman–Crippen LogP) is 2.91. The summed E-state index contributed by atoms with van der Waals surface area (Å²) in [6.45, 7) is 8.43. The molecule has 0 saturated carbocycles. The highest BCUT2D eigenvalue weighted by molar-refractivity contribution is 5.09. The molecule has 76 valence electrons. The van der Waals surface area contributed by atoms with E-state index < -0.39 is 0 Å². The Kier molecular flexibility index (Phi) is 7.65. The lowest BCUT2D eigenvalue weighted by Crippen LogP contribution is -2.18. The fourth-order valence-corrected chi connectivity index (χ4v) is 1.18. The van der Waals surface area contributed by atoms with Gasteiger partial charge in [-0.05, 0) is 25.3 Å². The third-order valence-corrected chi connectivity index (χ3v) is 1.68. The van der Waals surface area contributed by atoms with Crippen molar-refractivity contribution in [1.29, 1.82) is 0 Å². The zero-order chi connectivity index (χ0) is 10.1. The summed E-state index contributed by atoms with van der Waals surface area (Å²) in [5.74, 6) is 0. The molecule has 2 heteroatoms. The van der Waals surface area contributed by atoms with Crippen LogP contribution in [0.2, 0.25) is 0 Å². The lowest BCUT2D eigenvalue weighted by atomic mass is 10.1. The summed E-state index contributed by atoms with van der Waals surface area (Å²) < 4.78 is 10.6. The number of hydrogen-bond acceptors (Lipinski definition) is 2. The minimum atomic E-state index is -0.206. The van der Waals surface area contributed by atoms with Gasteiger partial charge in [0.15, 0.2) is 6.29 Å². The molecule has 0 rings (SSSR count). The van der Waals surface area contributed by atoms with Gasteiger partial charge < -0.3 is 9.47 Å². The van der Waals surface area contributed by atoms with Crippen molar-refractivity contribution >= 4 is 0 Å². The molecule has 0 radical (unpaired) electrons. The Morgan fingerprint density at radius 1 is 1.46 bits per heavy atom. The average Bonchev–Trinajstić information content (AvgIpc) is 2.14. The molecular weight excluding hydrogens is 164 g/mol. The summed E-state index contributed by atoms with van der Waals surface area (Å²) >= 11 is 0. The molecule has 0 N–H and O–H groups in total. The van der Waals surface area contributed by atoms with Crippen LogP contribution in [-0.2, 0) is 9.47 Å². The normalized spacial score (nSPS) is 14.2. The van der Waals surface area contributed by atoms with Crippen LogP contribution in [0.3, 0.4) is 0 Å². The smallest absolute Gasteiger partial charge is 0.179 e. The number of rotatable bonds is 7. The van der Waals surface area contributed by atoms with Crippen LogP contribution in [0.1, 0.15) is 26.7 Å². The van der Waals surface area contributed by atoms with Crippen molar-refractivity contribution in [2.75, 3.05) is 13.7 Å². The maximum absolute atomic E-state index is 5.42. The highest BCUT2D eigenvalue weighted by Gasteiger charge is 2.10. The van der Waals surface area contributed by atoms with Crippen LogP contribution in [0, 0.1) is 0 Å². The van der Waals surface area contributed by atoms with Crippen LogP contribution in [0.15, 0.2) is 24.3 Å². The van der Waals surface area contributed by atoms with Gasteiger partial charge in [0.2, 0.25) is 0 Å². The summed E-state index contributed by atoms with van der Waals surface area (Å²) in [5, 5.41) is 0. The Hall–Kier alpha value is -0.600. The minimum Gasteiger partial charge on any atom is -0.352 e. The molecule has 0 aliphatic heterocycles. The van der Waals surface area contributed by atoms with Crippen molar-refractivity contribution in [1.82, 2.24) is 0 Å². The second-order valence-electron chi connectivity index (χ2n) is 2.70. The molecule has 13 heavy (non-hydrogen) atoms. The Balaban J connectivity index is 4.28. The highest BCUT2D eigenvalue weighted by atomic mass is 16.7. The largest absolute Gasteiger partial charge is 0.352 e. The number of allylic oxidation sites excluding steroid dienone is 2. The van der Waals surface area contributed by atoms with Crippen molar-refractivity contribution in [3.63, 3.8) is 0 Å². The van der Waals surface area contributed by atoms with Crippen LogP contribution < -0.4 is 0 Å². The molecule has 0 heterocycles. The molecule has 2 nitrogen and oxygen atoms in total. The van der Waals surface area contributed by atoms with Gasteiger partial charge in [-0.2, -0.15) is 0 Å². The van der Waals surface area contributed by atoms with Gasteiger partial charge >= 0.3 is 0 Å². The van der Waals surface area contributed by atoms with Gasteiger partial charge in [0, 0.05) is 13.7 Å². The van der Waals surface area contributed by atoms with Gasteiger partial charge in [0.1, 0.15) is 0 Å². The first kappa shape index (κ1) is 12.4. The van der Waals surface area contributed by atoms with E-state index in [-0.39, 0.29) is 6.29 Å². The van der Waals surface area contributed by atoms with Crippen molar-refractivity contribution in [2.24, 2.45) is 0 Å². The molecule has 0 saturated heterocycles. The molecule has 1 unspecified atom stereocenters. The predicted molar refractivity (Wildman–Crippen MR) is 55.6 cm³/mol. The Morgan fingerprint density at radius 3 is 2.54 bits per heavy atom. The fraction of sp³-hybridized carbons (Fsp3) is 0.636. The summed E-state index contributed by atoms with van der Waals surface area (Å²) in [6, 6.07) is 0. The van der Waals surface area contributed by atoms with Gasteiger partial charge in [0.05, 0.1) is 0 Å². The Labute approximate surface area is 81.2 Å². The van der Waals surface area contributed by atoms with Crippen molar-refractivity contribution < 1.29 is 9.47 Å². The third-order valence-electron chi connectivity index (χ3n) is 1.68. The van der Waals surface area contributed by atoms with E-state index in [1.54, 1.807) is 7.11 Å². The third kappa shape index (κ3) is 4.86. The van der Waals surface area contributed by atoms with Crippen LogP contribution >= 0.6 is 0 Å². The molecule has 0 aliphatic carbocycles. The van der Waals surface area contributed by atoms with E-state index in [9.17, 15) is 0 Å². The van der Waals surface area contributed by atoms with Crippen LogP contribution in [0.25, 0.3) is 0 Å². The van der Waals surface area contributed by atoms with Gasteiger partial charge in [0.25, 0.3) is 0 Å². The molecule has 1 atom stereocenters. The first-order chi connectivity index (χ1) is 6.29. The first-order valence-corrected chi connectivity index (χ1v) is 4.74. The van der Waals surface area contributed by atoms with E-state index in [0.717, 1.165) is 18.4 Å². The van der Waals surface area contributed by atoms with Crippen molar-refractivity contribution in [2.45, 2.75) is 33.0 Å². The number of hydrogen-bond donors (Lipinski definition) is 0. The summed E-state index contributed by atoms with van der Waals surface area (Å²) in [6.07, 6.45) is 5.61. The standard InChI is InChI=1S/C11H20O2/c1-5-8-10(9-6-2)11(12-4)13-7-3/h5,9,11H,1,6-8H2,2-4H3/b10-9+. The van der Waals surface area contributed by atoms with Gasteiger partial charge in [-0.1, -0.05) is 19.1 Å². The van der Waals surface area contributed by atoms with Crippen molar-refractivity contribution in [3.8, 4) is 0 Å². The van der Waals surface area contributed by atoms with E-state index in [1.807, 2.05) is 13.0 Å². The maximum atomic E-state index is 5.42. The quantitative estimate of drug-likeness (QED) is 0.447. The molecule has 0 aromatic heterocycles. The molecule has 0 aromatic rings. The Morgan fingerprint density at radius 2 is 2.15 bits per heavy atom. The second kappa shape index (κ2) is 8.02. The molecule has 0 bridgehead atoms. The van der Waals surface area contributed by atoms with Gasteiger partial charge in [-0.3, -0.25) is 0 Å². The molecular formula is C11H20O2. The van der Waals surface area contributed by atoms with E-state index in [0.29, 0.717) is 6.61 Å². The number of ether oxygens (including phenoxy) is 2. The number of methoxy groups -OCH3 is 1. The summed E-state index contributed by atoms with van der Waals surface area (Å²) in [4.78, 5) is 0. The topological polar surface area (TPSA) is 18.5 Å². The van der Waals surface area contributed by atoms with Crippen LogP contribution in [0.4, 0.5) is 0 Å². The SMILES string of the molecule is C=CC/C(=C\CC)C(OC)OCC. The zero-order valence-electron chi connectivity index (χ0n) is 8.88. The molecule has 0 aromatic carbocycles. The summed E-state index contributed by atoms with van der Waals surface area (Å²) in [7, 11) is 1.66. The maximum Gasteiger partial charge on any atom is 0.179 e. The van der Waals surface area contributed by atoms with Gasteiger partial charge in [-0.15, -0.1) is 6.58 Å². The lowest BCUT2D eigenvalue weighted by molar-refractivity contribution is -0.0949. The monoisotopic (exact) mass is 184 g/mol. The molecule has 0 spiro atoms. The average molecular weight is 184 g/mol. The van der Waals surface area contributed by atoms with E-state index in [4.69, 9.17) is 9.47 Å². The minimum absolute atomic E-state index is 0.206. The molecule has 0 fully saturated rings. The summed E-state index contributed by atoms with van der Waals surface area (Å²) in [5.41, 5.74) is 1.15. The van der Waals surface area contributed by atoms with Crippen molar-refractivity contribution in [3.05, 3.63) is 24.3 Å². The van der Waals surface area contributed by atoms with E-state index in [2.05, 4.69) is 19.6 Å². The van der Waals surface area contributed by atoms with Gasteiger partial charge in [-0.25, -0.2) is 0 Å². The van der Waals surface area contributed by atoms with E-state index in [1.165, 1.54) is 0 Å². The Bertz CT molecular complexity index is 161. The molecule has 0 amide bonds. The van der Waals surface area contributed by atoms with Crippen LogP contribution in [0.5, 0.6) is 0 Å². The van der Waals surface area contributed by atoms with E-state index >= 15 is 0 Å². The zero-order valence-corrected chi connectivity index (χ0v) is 8.88. The second-order valence-corrected chi connectivity index (χ2v) is 2.70. The highest BCUT2D eigenvalue weighted by Crippen LogP contribution is 2.13.